The molecule has 2 heterocycles. The van der Waals surface area contributed by atoms with Crippen LogP contribution >= 0.6 is 11.3 Å². The molecule has 1 aliphatic heterocycles. The average Bonchev–Trinajstić information content (AvgIpc) is 3.26. The van der Waals surface area contributed by atoms with Gasteiger partial charge in [0.25, 0.3) is 0 Å². The van der Waals surface area contributed by atoms with E-state index in [0.717, 1.165) is 55.8 Å². The molecule has 4 rings (SSSR count). The lowest BCUT2D eigenvalue weighted by Gasteiger charge is -2.09. The highest BCUT2D eigenvalue weighted by molar-refractivity contribution is 7.10. The Kier molecular flexibility index (Phi) is 5.61. The Labute approximate surface area is 184 Å². The van der Waals surface area contributed by atoms with Gasteiger partial charge in [0, 0.05) is 23.0 Å². The monoisotopic (exact) mass is 433 g/mol. The molecule has 0 fully saturated rings. The number of para-hydroxylation sites is 1. The highest BCUT2D eigenvalue weighted by atomic mass is 32.1. The molecule has 7 heteroatoms. The summed E-state index contributed by atoms with van der Waals surface area (Å²) in [6, 6.07) is 11.7. The summed E-state index contributed by atoms with van der Waals surface area (Å²) < 4.78 is 1.09. The number of anilines is 1. The van der Waals surface area contributed by atoms with Crippen molar-refractivity contribution in [1.82, 2.24) is 4.57 Å². The van der Waals surface area contributed by atoms with Gasteiger partial charge in [-0.05, 0) is 43.5 Å². The van der Waals surface area contributed by atoms with Crippen molar-refractivity contribution in [3.05, 3.63) is 73.2 Å². The minimum Gasteiger partial charge on any atom is -0.493 e. The second-order valence-electron chi connectivity index (χ2n) is 7.53. The number of aryl methyl sites for hydroxylation is 3. The van der Waals surface area contributed by atoms with Crippen LogP contribution in [0.25, 0.3) is 11.6 Å². The van der Waals surface area contributed by atoms with E-state index in [1.807, 2.05) is 50.2 Å². The number of aromatic nitrogens is 1. The Morgan fingerprint density at radius 2 is 2.06 bits per heavy atom. The predicted molar refractivity (Wildman–Crippen MR) is 127 cm³/mol. The van der Waals surface area contributed by atoms with Crippen LogP contribution in [-0.4, -0.2) is 21.8 Å². The molecule has 0 aliphatic carbocycles. The number of carbonyl (C=O) groups is 1. The number of benzene rings is 2. The van der Waals surface area contributed by atoms with Crippen molar-refractivity contribution < 1.29 is 9.90 Å². The zero-order chi connectivity index (χ0) is 22.1. The van der Waals surface area contributed by atoms with Gasteiger partial charge in [-0.3, -0.25) is 19.1 Å². The summed E-state index contributed by atoms with van der Waals surface area (Å²) in [5, 5.41) is 13.4. The fraction of sp³-hybridized carbons (Fsp3) is 0.208. The van der Waals surface area contributed by atoms with Gasteiger partial charge in [-0.1, -0.05) is 54.2 Å². The highest BCUT2D eigenvalue weighted by Gasteiger charge is 2.19. The first-order chi connectivity index (χ1) is 14.9. The fourth-order valence-electron chi connectivity index (χ4n) is 3.66. The third-order valence-electron chi connectivity index (χ3n) is 5.28. The Morgan fingerprint density at radius 3 is 2.81 bits per heavy atom. The van der Waals surface area contributed by atoms with Crippen molar-refractivity contribution in [3.63, 3.8) is 0 Å². The first kappa shape index (κ1) is 20.8. The second-order valence-corrected chi connectivity index (χ2v) is 8.53. The standard InChI is InChI=1S/C24H23N3O3S/c1-4-16-6-5-7-18-17(12-25-22(16)18)11-20-23(29)27(24(30)31-20)13-21(28)26-19-9-8-14(2)10-15(19)3/h5-12,29H,4,13H2,1-3H3,(H,26,28). The minimum atomic E-state index is -0.391. The van der Waals surface area contributed by atoms with E-state index in [1.165, 1.54) is 0 Å². The molecule has 1 aromatic heterocycles. The maximum atomic E-state index is 12.5. The van der Waals surface area contributed by atoms with E-state index in [2.05, 4.69) is 17.2 Å². The second kappa shape index (κ2) is 8.35. The van der Waals surface area contributed by atoms with Crippen molar-refractivity contribution in [2.45, 2.75) is 33.7 Å². The number of nitrogens with zero attached hydrogens (tertiary/aromatic N) is 2. The summed E-state index contributed by atoms with van der Waals surface area (Å²) in [4.78, 5) is 29.5. The number of rotatable bonds is 5. The normalized spacial score (nSPS) is 13.6. The molecule has 31 heavy (non-hydrogen) atoms. The smallest absolute Gasteiger partial charge is 0.311 e. The molecule has 0 spiro atoms. The van der Waals surface area contributed by atoms with E-state index >= 15 is 0 Å². The van der Waals surface area contributed by atoms with Crippen LogP contribution in [0, 0.1) is 13.8 Å². The quantitative estimate of drug-likeness (QED) is 0.612. The van der Waals surface area contributed by atoms with Crippen LogP contribution in [0.2, 0.25) is 0 Å². The van der Waals surface area contributed by atoms with Crippen molar-refractivity contribution >= 4 is 46.5 Å². The largest absolute Gasteiger partial charge is 0.493 e. The number of thiazole rings is 1. The van der Waals surface area contributed by atoms with Gasteiger partial charge >= 0.3 is 4.87 Å². The summed E-state index contributed by atoms with van der Waals surface area (Å²) in [7, 11) is 0. The fourth-order valence-corrected chi connectivity index (χ4v) is 4.49. The van der Waals surface area contributed by atoms with Crippen LogP contribution in [0.4, 0.5) is 11.4 Å². The number of hydrogen-bond acceptors (Lipinski definition) is 5. The number of aliphatic imine (C=N–C) groups is 1. The molecule has 2 aromatic carbocycles. The van der Waals surface area contributed by atoms with E-state index in [0.29, 0.717) is 10.6 Å². The molecule has 0 saturated heterocycles. The van der Waals surface area contributed by atoms with E-state index in [4.69, 9.17) is 0 Å². The van der Waals surface area contributed by atoms with Crippen LogP contribution in [0.3, 0.4) is 0 Å². The van der Waals surface area contributed by atoms with Crippen molar-refractivity contribution in [1.29, 1.82) is 0 Å². The Balaban J connectivity index is 1.58. The predicted octanol–water partition coefficient (Wildman–Crippen LogP) is 4.69. The van der Waals surface area contributed by atoms with E-state index in [1.54, 1.807) is 12.3 Å². The van der Waals surface area contributed by atoms with Gasteiger partial charge in [0.05, 0.1) is 10.6 Å². The van der Waals surface area contributed by atoms with Gasteiger partial charge in [0.1, 0.15) is 6.54 Å². The zero-order valence-electron chi connectivity index (χ0n) is 17.6. The molecule has 158 valence electrons. The lowest BCUT2D eigenvalue weighted by molar-refractivity contribution is -0.116. The molecule has 1 amide bonds. The lowest BCUT2D eigenvalue weighted by atomic mass is 10.0. The SMILES string of the molecule is CCc1cccc2c1N=CC2=Cc1sc(=O)n(CC(=O)Nc2ccc(C)cc2C)c1O. The Morgan fingerprint density at radius 1 is 1.26 bits per heavy atom. The molecule has 0 bridgehead atoms. The molecule has 1 aliphatic rings. The molecule has 0 radical (unpaired) electrons. The van der Waals surface area contributed by atoms with Gasteiger partial charge < -0.3 is 10.4 Å². The number of aromatic hydroxyl groups is 1. The van der Waals surface area contributed by atoms with Gasteiger partial charge in [0.2, 0.25) is 11.8 Å². The maximum Gasteiger partial charge on any atom is 0.311 e. The van der Waals surface area contributed by atoms with Crippen LogP contribution in [-0.2, 0) is 17.8 Å². The maximum absolute atomic E-state index is 12.5. The first-order valence-corrected chi connectivity index (χ1v) is 10.9. The number of amides is 1. The number of hydrogen-bond donors (Lipinski definition) is 2. The van der Waals surface area contributed by atoms with E-state index in [-0.39, 0.29) is 18.3 Å². The van der Waals surface area contributed by atoms with Gasteiger partial charge in [-0.25, -0.2) is 0 Å². The topological polar surface area (TPSA) is 83.7 Å². The summed E-state index contributed by atoms with van der Waals surface area (Å²) in [5.41, 5.74) is 6.60. The Bertz CT molecular complexity index is 1300. The average molecular weight is 434 g/mol. The summed E-state index contributed by atoms with van der Waals surface area (Å²) in [6.45, 7) is 5.70. The van der Waals surface area contributed by atoms with Crippen molar-refractivity contribution in [3.8, 4) is 5.88 Å². The lowest BCUT2D eigenvalue weighted by Crippen LogP contribution is -2.24. The summed E-state index contributed by atoms with van der Waals surface area (Å²) in [6.07, 6.45) is 4.36. The molecule has 0 atom stereocenters. The van der Waals surface area contributed by atoms with E-state index in [9.17, 15) is 14.7 Å². The van der Waals surface area contributed by atoms with Crippen molar-refractivity contribution in [2.75, 3.05) is 5.32 Å². The third kappa shape index (κ3) is 4.09. The summed E-state index contributed by atoms with van der Waals surface area (Å²) in [5.74, 6) is -0.589. The van der Waals surface area contributed by atoms with Gasteiger partial charge in [-0.2, -0.15) is 0 Å². The molecule has 3 aromatic rings. The van der Waals surface area contributed by atoms with Crippen molar-refractivity contribution in [2.24, 2.45) is 4.99 Å². The first-order valence-electron chi connectivity index (χ1n) is 10.0. The molecule has 2 N–H and O–H groups in total. The number of nitrogens with one attached hydrogen (secondary N) is 1. The van der Waals surface area contributed by atoms with Crippen LogP contribution in [0.15, 0.2) is 46.2 Å². The zero-order valence-corrected chi connectivity index (χ0v) is 18.4. The van der Waals surface area contributed by atoms with Crippen LogP contribution < -0.4 is 10.2 Å². The third-order valence-corrected chi connectivity index (χ3v) is 6.20. The van der Waals surface area contributed by atoms with Crippen LogP contribution in [0.1, 0.15) is 34.1 Å². The number of carbonyl (C=O) groups excluding carboxylic acids is 1. The molecule has 0 unspecified atom stereocenters. The number of allylic oxidation sites excluding steroid dienone is 1. The molecular formula is C24H23N3O3S. The number of fused-ring (bicyclic) bond motifs is 1. The highest BCUT2D eigenvalue weighted by Crippen LogP contribution is 2.37. The molecule has 0 saturated carbocycles. The molecule has 6 nitrogen and oxygen atoms in total. The Hall–Kier alpha value is -3.45. The molecular weight excluding hydrogens is 410 g/mol. The minimum absolute atomic E-state index is 0.216. The summed E-state index contributed by atoms with van der Waals surface area (Å²) >= 11 is 0.905. The van der Waals surface area contributed by atoms with E-state index < -0.39 is 4.87 Å². The van der Waals surface area contributed by atoms with Gasteiger partial charge in [-0.15, -0.1) is 0 Å². The van der Waals surface area contributed by atoms with Gasteiger partial charge in [0.15, 0.2) is 0 Å². The van der Waals surface area contributed by atoms with Crippen LogP contribution in [0.5, 0.6) is 5.88 Å².